The number of nitriles is 1. The van der Waals surface area contributed by atoms with Crippen LogP contribution < -0.4 is 5.32 Å². The molecule has 0 radical (unpaired) electrons. The van der Waals surface area contributed by atoms with Gasteiger partial charge in [0.25, 0.3) is 0 Å². The molecule has 1 heterocycles. The molecule has 0 aliphatic heterocycles. The van der Waals surface area contributed by atoms with Gasteiger partial charge in [-0.2, -0.15) is 5.26 Å². The van der Waals surface area contributed by atoms with Gasteiger partial charge in [0.05, 0.1) is 12.0 Å². The highest BCUT2D eigenvalue weighted by Crippen LogP contribution is 2.08. The van der Waals surface area contributed by atoms with Crippen molar-refractivity contribution in [3.05, 3.63) is 23.9 Å². The van der Waals surface area contributed by atoms with Crippen molar-refractivity contribution in [2.45, 2.75) is 20.4 Å². The predicted molar refractivity (Wildman–Crippen MR) is 69.5 cm³/mol. The lowest BCUT2D eigenvalue weighted by molar-refractivity contribution is 0.260. The van der Waals surface area contributed by atoms with E-state index in [9.17, 15) is 0 Å². The number of rotatable bonds is 6. The summed E-state index contributed by atoms with van der Waals surface area (Å²) in [5.41, 5.74) is 1.18. The zero-order valence-electron chi connectivity index (χ0n) is 10.8. The third-order valence-corrected chi connectivity index (χ3v) is 2.69. The van der Waals surface area contributed by atoms with Crippen molar-refractivity contribution >= 4 is 5.82 Å². The summed E-state index contributed by atoms with van der Waals surface area (Å²) in [7, 11) is 1.86. The van der Waals surface area contributed by atoms with Gasteiger partial charge in [0, 0.05) is 26.3 Å². The van der Waals surface area contributed by atoms with Crippen LogP contribution in [0, 0.1) is 17.2 Å². The molecule has 0 saturated carbocycles. The minimum Gasteiger partial charge on any atom is -0.373 e. The molecule has 92 valence electrons. The van der Waals surface area contributed by atoms with Crippen LogP contribution in [0.3, 0.4) is 0 Å². The van der Waals surface area contributed by atoms with Crippen molar-refractivity contribution in [3.8, 4) is 6.07 Å². The minimum absolute atomic E-state index is 0.0690. The van der Waals surface area contributed by atoms with E-state index in [1.54, 1.807) is 0 Å². The van der Waals surface area contributed by atoms with E-state index < -0.39 is 0 Å². The summed E-state index contributed by atoms with van der Waals surface area (Å²) < 4.78 is 0. The first-order valence-electron chi connectivity index (χ1n) is 5.94. The zero-order chi connectivity index (χ0) is 12.7. The van der Waals surface area contributed by atoms with Gasteiger partial charge in [-0.15, -0.1) is 0 Å². The zero-order valence-corrected chi connectivity index (χ0v) is 10.8. The molecule has 0 saturated heterocycles. The first kappa shape index (κ1) is 13.5. The summed E-state index contributed by atoms with van der Waals surface area (Å²) in [5, 5.41) is 11.8. The Morgan fingerprint density at radius 3 is 2.76 bits per heavy atom. The Morgan fingerprint density at radius 2 is 2.29 bits per heavy atom. The Hall–Kier alpha value is -1.60. The van der Waals surface area contributed by atoms with E-state index in [0.29, 0.717) is 0 Å². The fourth-order valence-corrected chi connectivity index (χ4v) is 1.66. The van der Waals surface area contributed by atoms with E-state index >= 15 is 0 Å². The normalized spacial score (nSPS) is 12.2. The predicted octanol–water partition coefficient (Wildman–Crippen LogP) is 2.10. The molecule has 1 atom stereocenters. The fraction of sp³-hybridized carbons (Fsp3) is 0.538. The maximum Gasteiger partial charge on any atom is 0.125 e. The van der Waals surface area contributed by atoms with Crippen LogP contribution >= 0.6 is 0 Å². The Balaban J connectivity index is 2.58. The van der Waals surface area contributed by atoms with E-state index in [0.717, 1.165) is 25.5 Å². The molecular formula is C13H20N4. The molecule has 0 amide bonds. The highest BCUT2D eigenvalue weighted by molar-refractivity contribution is 5.34. The summed E-state index contributed by atoms with van der Waals surface area (Å²) in [6, 6.07) is 6.30. The van der Waals surface area contributed by atoms with Crippen molar-refractivity contribution in [2.75, 3.05) is 25.5 Å². The number of hydrogen-bond donors (Lipinski definition) is 1. The fourth-order valence-electron chi connectivity index (χ4n) is 1.66. The van der Waals surface area contributed by atoms with Crippen LogP contribution in [0.1, 0.15) is 19.4 Å². The lowest BCUT2D eigenvalue weighted by Crippen LogP contribution is -2.27. The third-order valence-electron chi connectivity index (χ3n) is 2.69. The Bertz CT molecular complexity index is 366. The molecule has 1 rings (SSSR count). The van der Waals surface area contributed by atoms with Gasteiger partial charge in [-0.3, -0.25) is 4.90 Å². The smallest absolute Gasteiger partial charge is 0.125 e. The molecule has 4 heteroatoms. The van der Waals surface area contributed by atoms with E-state index in [1.807, 2.05) is 26.2 Å². The number of hydrogen-bond acceptors (Lipinski definition) is 4. The van der Waals surface area contributed by atoms with E-state index in [2.05, 4.69) is 34.3 Å². The molecule has 1 N–H and O–H groups in total. The maximum absolute atomic E-state index is 8.82. The van der Waals surface area contributed by atoms with Crippen LogP contribution in [-0.4, -0.2) is 30.0 Å². The standard InChI is InChI=1S/C13H20N4/c1-4-17(9-11(2)7-14)10-12-5-6-13(15-3)16-8-12/h5-6,8,11H,4,9-10H2,1-3H3,(H,15,16). The molecule has 0 aromatic carbocycles. The molecule has 1 aromatic rings. The van der Waals surface area contributed by atoms with Crippen molar-refractivity contribution in [2.24, 2.45) is 5.92 Å². The monoisotopic (exact) mass is 232 g/mol. The average molecular weight is 232 g/mol. The Morgan fingerprint density at radius 1 is 1.53 bits per heavy atom. The minimum atomic E-state index is 0.0690. The molecular weight excluding hydrogens is 212 g/mol. The van der Waals surface area contributed by atoms with Gasteiger partial charge in [0.1, 0.15) is 5.82 Å². The molecule has 0 aliphatic carbocycles. The van der Waals surface area contributed by atoms with Crippen LogP contribution in [-0.2, 0) is 6.54 Å². The second-order valence-corrected chi connectivity index (χ2v) is 4.16. The van der Waals surface area contributed by atoms with E-state index in [-0.39, 0.29) is 5.92 Å². The van der Waals surface area contributed by atoms with Crippen molar-refractivity contribution in [3.63, 3.8) is 0 Å². The van der Waals surface area contributed by atoms with Gasteiger partial charge < -0.3 is 5.32 Å². The van der Waals surface area contributed by atoms with Gasteiger partial charge in [-0.25, -0.2) is 4.98 Å². The number of anilines is 1. The van der Waals surface area contributed by atoms with E-state index in [1.165, 1.54) is 5.56 Å². The Labute approximate surface area is 103 Å². The second-order valence-electron chi connectivity index (χ2n) is 4.16. The molecule has 17 heavy (non-hydrogen) atoms. The van der Waals surface area contributed by atoms with Crippen LogP contribution in [0.4, 0.5) is 5.82 Å². The summed E-state index contributed by atoms with van der Waals surface area (Å²) in [5.74, 6) is 0.946. The molecule has 1 aromatic heterocycles. The third kappa shape index (κ3) is 4.41. The molecule has 1 unspecified atom stereocenters. The van der Waals surface area contributed by atoms with Crippen LogP contribution in [0.2, 0.25) is 0 Å². The summed E-state index contributed by atoms with van der Waals surface area (Å²) >= 11 is 0. The number of pyridine rings is 1. The quantitative estimate of drug-likeness (QED) is 0.816. The SMILES string of the molecule is CCN(Cc1ccc(NC)nc1)CC(C)C#N. The second kappa shape index (κ2) is 6.87. The number of aromatic nitrogens is 1. The first-order valence-corrected chi connectivity index (χ1v) is 5.94. The summed E-state index contributed by atoms with van der Waals surface area (Å²) in [6.07, 6.45) is 1.88. The Kier molecular flexibility index (Phi) is 5.44. The largest absolute Gasteiger partial charge is 0.373 e. The van der Waals surface area contributed by atoms with Crippen LogP contribution in [0.25, 0.3) is 0 Å². The van der Waals surface area contributed by atoms with Gasteiger partial charge in [-0.1, -0.05) is 13.0 Å². The molecule has 0 bridgehead atoms. The first-order chi connectivity index (χ1) is 8.19. The average Bonchev–Trinajstić information content (AvgIpc) is 2.38. The van der Waals surface area contributed by atoms with Gasteiger partial charge in [0.15, 0.2) is 0 Å². The molecule has 0 spiro atoms. The summed E-state index contributed by atoms with van der Waals surface area (Å²) in [4.78, 5) is 6.53. The van der Waals surface area contributed by atoms with Gasteiger partial charge in [0.2, 0.25) is 0 Å². The maximum atomic E-state index is 8.82. The lowest BCUT2D eigenvalue weighted by Gasteiger charge is -2.21. The topological polar surface area (TPSA) is 52.0 Å². The van der Waals surface area contributed by atoms with Crippen LogP contribution in [0.5, 0.6) is 0 Å². The molecule has 4 nitrogen and oxygen atoms in total. The number of nitrogens with zero attached hydrogens (tertiary/aromatic N) is 3. The van der Waals surface area contributed by atoms with Crippen molar-refractivity contribution in [1.82, 2.24) is 9.88 Å². The molecule has 0 fully saturated rings. The van der Waals surface area contributed by atoms with Gasteiger partial charge >= 0.3 is 0 Å². The highest BCUT2D eigenvalue weighted by atomic mass is 15.1. The summed E-state index contributed by atoms with van der Waals surface area (Å²) in [6.45, 7) is 6.66. The van der Waals surface area contributed by atoms with Crippen molar-refractivity contribution < 1.29 is 0 Å². The highest BCUT2D eigenvalue weighted by Gasteiger charge is 2.08. The van der Waals surface area contributed by atoms with Crippen molar-refractivity contribution in [1.29, 1.82) is 5.26 Å². The van der Waals surface area contributed by atoms with E-state index in [4.69, 9.17) is 5.26 Å². The number of nitrogens with one attached hydrogen (secondary N) is 1. The lowest BCUT2D eigenvalue weighted by atomic mass is 10.2. The van der Waals surface area contributed by atoms with Crippen LogP contribution in [0.15, 0.2) is 18.3 Å². The molecule has 0 aliphatic rings. The van der Waals surface area contributed by atoms with Gasteiger partial charge in [-0.05, 0) is 25.1 Å².